The fourth-order valence-corrected chi connectivity index (χ4v) is 4.79. The molecule has 6 nitrogen and oxygen atoms in total. The first-order valence-corrected chi connectivity index (χ1v) is 14.8. The van der Waals surface area contributed by atoms with Crippen molar-refractivity contribution in [3.05, 3.63) is 65.2 Å². The molecule has 232 valence electrons. The number of nitrogens with two attached hydrogens (primary N) is 1. The van der Waals surface area contributed by atoms with Gasteiger partial charge < -0.3 is 26.3 Å². The van der Waals surface area contributed by atoms with E-state index in [1.54, 1.807) is 7.05 Å². The highest BCUT2D eigenvalue weighted by molar-refractivity contribution is 5.42. The largest absolute Gasteiger partial charge is 0.392 e. The Morgan fingerprint density at radius 3 is 2.20 bits per heavy atom. The molecule has 8 heteroatoms. The maximum Gasteiger partial charge on any atom is 0.160 e. The molecule has 3 aliphatic rings. The van der Waals surface area contributed by atoms with E-state index in [0.717, 1.165) is 55.6 Å². The van der Waals surface area contributed by atoms with Crippen LogP contribution in [0.15, 0.2) is 42.5 Å². The van der Waals surface area contributed by atoms with Gasteiger partial charge in [0, 0.05) is 19.3 Å². The van der Waals surface area contributed by atoms with E-state index in [0.29, 0.717) is 11.1 Å². The zero-order valence-corrected chi connectivity index (χ0v) is 26.3. The molecule has 5 rings (SSSR count). The van der Waals surface area contributed by atoms with Gasteiger partial charge in [-0.1, -0.05) is 53.7 Å². The Balaban J connectivity index is 0. The predicted octanol–water partition coefficient (Wildman–Crippen LogP) is 6.82. The summed E-state index contributed by atoms with van der Waals surface area (Å²) in [7, 11) is 1.65. The average Bonchev–Trinajstić information content (AvgIpc) is 3.56. The second-order valence-corrected chi connectivity index (χ2v) is 9.56. The van der Waals surface area contributed by atoms with Crippen LogP contribution in [0.25, 0.3) is 0 Å². The molecular weight excluding hydrogens is 522 g/mol. The van der Waals surface area contributed by atoms with Gasteiger partial charge in [0.1, 0.15) is 6.79 Å². The Labute approximate surface area is 247 Å². The summed E-state index contributed by atoms with van der Waals surface area (Å²) in [5.41, 5.74) is 8.11. The second-order valence-electron chi connectivity index (χ2n) is 9.56. The number of aliphatic hydroxyl groups is 1. The summed E-state index contributed by atoms with van der Waals surface area (Å²) >= 11 is 0. The number of aliphatic hydroxyl groups excluding tert-OH is 1. The summed E-state index contributed by atoms with van der Waals surface area (Å²) in [5, 5.41) is 23.3. The van der Waals surface area contributed by atoms with E-state index < -0.39 is 11.6 Å². The third kappa shape index (κ3) is 14.6. The fourth-order valence-electron chi connectivity index (χ4n) is 4.79. The Hall–Kier alpha value is -2.86. The summed E-state index contributed by atoms with van der Waals surface area (Å²) in [6.45, 7) is 16.8. The van der Waals surface area contributed by atoms with Gasteiger partial charge >= 0.3 is 0 Å². The lowest BCUT2D eigenvalue weighted by Gasteiger charge is -2.26. The molecule has 0 amide bonds. The van der Waals surface area contributed by atoms with E-state index in [9.17, 15) is 8.78 Å². The predicted molar refractivity (Wildman–Crippen MR) is 168 cm³/mol. The summed E-state index contributed by atoms with van der Waals surface area (Å²) in [4.78, 5) is 8.00. The number of β-amino-alcohol motifs (C(OH)–C–C–N with tert-alkyl or cyclic N) is 1. The van der Waals surface area contributed by atoms with Gasteiger partial charge in [-0.05, 0) is 98.3 Å². The number of anilines is 1. The van der Waals surface area contributed by atoms with Crippen molar-refractivity contribution in [1.82, 2.24) is 5.32 Å². The normalized spacial score (nSPS) is 22.3. The molecule has 0 aromatic heterocycles. The number of rotatable bonds is 2. The molecule has 1 heterocycles. The van der Waals surface area contributed by atoms with Crippen molar-refractivity contribution in [2.75, 3.05) is 32.0 Å². The molecule has 41 heavy (non-hydrogen) atoms. The van der Waals surface area contributed by atoms with Gasteiger partial charge in [-0.15, -0.1) is 0 Å². The van der Waals surface area contributed by atoms with E-state index in [1.807, 2.05) is 53.5 Å². The van der Waals surface area contributed by atoms with Crippen LogP contribution in [-0.2, 0) is 10.2 Å². The zero-order valence-electron chi connectivity index (χ0n) is 26.3. The SMILES string of the molecule is C=O.CC.CC.CC1CCC2(c3cccc(C#N)c3)CC2C1.CCN.CNc1ccc(F)c(F)c1.OC1CCNC1. The number of halogens is 2. The number of nitriles is 1. The first kappa shape index (κ1) is 40.3. The quantitative estimate of drug-likeness (QED) is 0.312. The average molecular weight is 577 g/mol. The van der Waals surface area contributed by atoms with Crippen LogP contribution in [0.3, 0.4) is 0 Å². The second kappa shape index (κ2) is 23.8. The zero-order chi connectivity index (χ0) is 31.8. The van der Waals surface area contributed by atoms with Crippen LogP contribution >= 0.6 is 0 Å². The van der Waals surface area contributed by atoms with Gasteiger partial charge in [0.05, 0.1) is 17.7 Å². The Morgan fingerprint density at radius 2 is 1.76 bits per heavy atom. The van der Waals surface area contributed by atoms with Crippen LogP contribution in [0.2, 0.25) is 0 Å². The van der Waals surface area contributed by atoms with E-state index in [1.165, 1.54) is 37.3 Å². The van der Waals surface area contributed by atoms with Gasteiger partial charge in [0.25, 0.3) is 0 Å². The first-order valence-electron chi connectivity index (χ1n) is 14.8. The molecule has 1 saturated heterocycles. The summed E-state index contributed by atoms with van der Waals surface area (Å²) < 4.78 is 24.6. The van der Waals surface area contributed by atoms with Gasteiger partial charge in [-0.25, -0.2) is 8.78 Å². The monoisotopic (exact) mass is 576 g/mol. The number of nitrogens with one attached hydrogen (secondary N) is 2. The molecule has 1 aliphatic heterocycles. The molecule has 0 bridgehead atoms. The fraction of sp³-hybridized carbons (Fsp3) is 0.576. The van der Waals surface area contributed by atoms with E-state index in [4.69, 9.17) is 20.9 Å². The van der Waals surface area contributed by atoms with Crippen molar-refractivity contribution in [2.24, 2.45) is 17.6 Å². The lowest BCUT2D eigenvalue weighted by Crippen LogP contribution is -2.18. The number of fused-ring (bicyclic) bond motifs is 1. The summed E-state index contributed by atoms with van der Waals surface area (Å²) in [6, 6.07) is 14.2. The smallest absolute Gasteiger partial charge is 0.160 e. The minimum Gasteiger partial charge on any atom is -0.392 e. The maximum absolute atomic E-state index is 12.4. The van der Waals surface area contributed by atoms with E-state index in [2.05, 4.69) is 35.8 Å². The molecular formula is C33H54F2N4O2. The topological polar surface area (TPSA) is 111 Å². The molecule has 5 N–H and O–H groups in total. The van der Waals surface area contributed by atoms with Gasteiger partial charge in [0.15, 0.2) is 11.6 Å². The number of hydrogen-bond donors (Lipinski definition) is 4. The molecule has 2 aliphatic carbocycles. The van der Waals surface area contributed by atoms with Crippen LogP contribution in [0.4, 0.5) is 14.5 Å². The Kier molecular flexibility index (Phi) is 23.4. The number of hydrogen-bond acceptors (Lipinski definition) is 6. The molecule has 0 radical (unpaired) electrons. The minimum absolute atomic E-state index is 0.0648. The van der Waals surface area contributed by atoms with Gasteiger partial charge in [0.2, 0.25) is 0 Å². The summed E-state index contributed by atoms with van der Waals surface area (Å²) in [5.74, 6) is 0.149. The highest BCUT2D eigenvalue weighted by atomic mass is 19.2. The Bertz CT molecular complexity index is 980. The van der Waals surface area contributed by atoms with E-state index in [-0.39, 0.29) is 6.10 Å². The van der Waals surface area contributed by atoms with Crippen molar-refractivity contribution in [1.29, 1.82) is 5.26 Å². The standard InChI is InChI=1S/C15H17N.C7H7F2N.C4H9NO.C2H7N.2C2H6.CH2O/c1-11-5-6-15(9-14(15)7-11)13-4-2-3-12(8-13)10-16;1-10-5-2-3-6(8)7(9)4-5;6-4-1-2-5-3-4;1-2-3;3*1-2/h2-4,8,11,14H,5-7,9H2,1H3;2-4,10H,1H3;4-6H,1-3H2;2-3H2,1H3;2*1-2H3;1H2. The molecule has 4 atom stereocenters. The first-order chi connectivity index (χ1) is 19.8. The van der Waals surface area contributed by atoms with Crippen LogP contribution in [0.1, 0.15) is 84.8 Å². The highest BCUT2D eigenvalue weighted by Crippen LogP contribution is 2.63. The number of benzene rings is 2. The molecule has 0 spiro atoms. The molecule has 3 fully saturated rings. The lowest BCUT2D eigenvalue weighted by molar-refractivity contribution is -0.0980. The van der Waals surface area contributed by atoms with Crippen LogP contribution in [-0.4, -0.2) is 44.7 Å². The molecule has 2 aromatic rings. The van der Waals surface area contributed by atoms with E-state index >= 15 is 0 Å². The van der Waals surface area contributed by atoms with Crippen molar-refractivity contribution in [3.8, 4) is 6.07 Å². The molecule has 2 aromatic carbocycles. The van der Waals surface area contributed by atoms with Gasteiger partial charge in [-0.3, -0.25) is 0 Å². The van der Waals surface area contributed by atoms with Crippen LogP contribution in [0, 0.1) is 34.8 Å². The van der Waals surface area contributed by atoms with Gasteiger partial charge in [-0.2, -0.15) is 5.26 Å². The van der Waals surface area contributed by atoms with Crippen molar-refractivity contribution in [2.45, 2.75) is 85.2 Å². The number of carbonyl (C=O) groups is 1. The minimum atomic E-state index is -0.827. The Morgan fingerprint density at radius 1 is 1.12 bits per heavy atom. The maximum atomic E-state index is 12.4. The number of nitrogens with zero attached hydrogens (tertiary/aromatic N) is 1. The van der Waals surface area contributed by atoms with Crippen molar-refractivity contribution in [3.63, 3.8) is 0 Å². The van der Waals surface area contributed by atoms with Crippen LogP contribution < -0.4 is 16.4 Å². The molecule has 2 saturated carbocycles. The summed E-state index contributed by atoms with van der Waals surface area (Å²) in [6.07, 6.45) is 6.29. The highest BCUT2D eigenvalue weighted by Gasteiger charge is 2.56. The van der Waals surface area contributed by atoms with Crippen LogP contribution in [0.5, 0.6) is 0 Å². The number of carbonyl (C=O) groups excluding carboxylic acids is 1. The molecule has 4 unspecified atom stereocenters. The van der Waals surface area contributed by atoms with Crippen molar-refractivity contribution < 1.29 is 18.7 Å². The third-order valence-electron chi connectivity index (χ3n) is 6.81. The van der Waals surface area contributed by atoms with Crippen molar-refractivity contribution >= 4 is 12.5 Å². The lowest BCUT2D eigenvalue weighted by atomic mass is 9.78. The third-order valence-corrected chi connectivity index (χ3v) is 6.81.